The van der Waals surface area contributed by atoms with E-state index in [0.717, 1.165) is 38.0 Å². The van der Waals surface area contributed by atoms with Crippen LogP contribution in [-0.4, -0.2) is 52.0 Å². The second-order valence-corrected chi connectivity index (χ2v) is 10.4. The van der Waals surface area contributed by atoms with Gasteiger partial charge in [0.1, 0.15) is 0 Å². The van der Waals surface area contributed by atoms with Crippen molar-refractivity contribution in [2.24, 2.45) is 5.92 Å². The molecule has 2 saturated heterocycles. The van der Waals surface area contributed by atoms with Crippen molar-refractivity contribution in [1.29, 1.82) is 0 Å². The molecule has 0 spiro atoms. The highest BCUT2D eigenvalue weighted by Crippen LogP contribution is 2.22. The summed E-state index contributed by atoms with van der Waals surface area (Å²) in [6.45, 7) is 6.22. The number of likely N-dealkylation sites (tertiary alicyclic amines) is 2. The van der Waals surface area contributed by atoms with Gasteiger partial charge in [-0.1, -0.05) is 59.6 Å². The van der Waals surface area contributed by atoms with E-state index in [1.807, 2.05) is 24.3 Å². The summed E-state index contributed by atoms with van der Waals surface area (Å²) >= 11 is 6.07. The van der Waals surface area contributed by atoms with Gasteiger partial charge in [0, 0.05) is 29.6 Å². The minimum Gasteiger partial charge on any atom is -0.352 e. The third-order valence-corrected chi connectivity index (χ3v) is 7.42. The largest absolute Gasteiger partial charge is 0.352 e. The van der Waals surface area contributed by atoms with Gasteiger partial charge in [-0.15, -0.1) is 0 Å². The Balaban J connectivity index is 1.06. The van der Waals surface area contributed by atoms with E-state index < -0.39 is 0 Å². The predicted molar refractivity (Wildman–Crippen MR) is 140 cm³/mol. The molecule has 2 aliphatic rings. The van der Waals surface area contributed by atoms with Crippen LogP contribution in [0.1, 0.15) is 49.1 Å². The first-order valence-corrected chi connectivity index (χ1v) is 13.4. The standard InChI is InChI=1S/C28H34ClN5O2/c29-25-9-5-8-24(17-25)27-31-26(36-32-27)20-34-14-10-23(11-15-34)28(35)30-18-21-6-4-7-22(16-21)19-33-12-2-1-3-13-33/h4-9,16-17,23H,1-3,10-15,18-20H2,(H,30,35). The second kappa shape index (κ2) is 12.0. The number of amides is 1. The molecule has 190 valence electrons. The molecule has 0 unspecified atom stereocenters. The average Bonchev–Trinajstić information content (AvgIpc) is 3.37. The number of nitrogens with zero attached hydrogens (tertiary/aromatic N) is 4. The number of aromatic nitrogens is 2. The lowest BCUT2D eigenvalue weighted by molar-refractivity contribution is -0.126. The minimum absolute atomic E-state index is 0.0440. The Labute approximate surface area is 217 Å². The fraction of sp³-hybridized carbons (Fsp3) is 0.464. The van der Waals surface area contributed by atoms with Crippen LogP contribution >= 0.6 is 11.6 Å². The molecular weight excluding hydrogens is 474 g/mol. The van der Waals surface area contributed by atoms with Crippen LogP contribution in [0, 0.1) is 5.92 Å². The smallest absolute Gasteiger partial charge is 0.241 e. The van der Waals surface area contributed by atoms with Gasteiger partial charge in [-0.3, -0.25) is 14.6 Å². The van der Waals surface area contributed by atoms with Crippen LogP contribution < -0.4 is 5.32 Å². The maximum Gasteiger partial charge on any atom is 0.241 e. The Morgan fingerprint density at radius 2 is 1.69 bits per heavy atom. The number of carbonyl (C=O) groups excluding carboxylic acids is 1. The molecule has 0 radical (unpaired) electrons. The molecule has 8 heteroatoms. The van der Waals surface area contributed by atoms with Crippen LogP contribution in [0.2, 0.25) is 5.02 Å². The van der Waals surface area contributed by atoms with Crippen LogP contribution in [0.25, 0.3) is 11.4 Å². The van der Waals surface area contributed by atoms with Gasteiger partial charge in [-0.2, -0.15) is 4.98 Å². The number of carbonyl (C=O) groups is 1. The van der Waals surface area contributed by atoms with E-state index in [2.05, 4.69) is 49.5 Å². The molecule has 36 heavy (non-hydrogen) atoms. The molecular formula is C28H34ClN5O2. The number of hydrogen-bond acceptors (Lipinski definition) is 6. The quantitative estimate of drug-likeness (QED) is 0.467. The molecule has 7 nitrogen and oxygen atoms in total. The minimum atomic E-state index is 0.0440. The number of rotatable bonds is 8. The SMILES string of the molecule is O=C(NCc1cccc(CN2CCCCC2)c1)C1CCN(Cc2nc(-c3cccc(Cl)c3)no2)CC1. The van der Waals surface area contributed by atoms with Gasteiger partial charge >= 0.3 is 0 Å². The number of nitrogens with one attached hydrogen (secondary N) is 1. The molecule has 0 atom stereocenters. The van der Waals surface area contributed by atoms with E-state index >= 15 is 0 Å². The highest BCUT2D eigenvalue weighted by atomic mass is 35.5. The van der Waals surface area contributed by atoms with E-state index in [1.165, 1.54) is 43.5 Å². The van der Waals surface area contributed by atoms with Gasteiger partial charge in [0.2, 0.25) is 17.6 Å². The zero-order chi connectivity index (χ0) is 24.7. The molecule has 2 fully saturated rings. The third kappa shape index (κ3) is 6.72. The van der Waals surface area contributed by atoms with Gasteiger partial charge in [0.15, 0.2) is 0 Å². The Morgan fingerprint density at radius 1 is 0.944 bits per heavy atom. The van der Waals surface area contributed by atoms with E-state index in [-0.39, 0.29) is 11.8 Å². The summed E-state index contributed by atoms with van der Waals surface area (Å²) in [6, 6.07) is 16.1. The van der Waals surface area contributed by atoms with Crippen molar-refractivity contribution in [3.63, 3.8) is 0 Å². The lowest BCUT2D eigenvalue weighted by Crippen LogP contribution is -2.40. The lowest BCUT2D eigenvalue weighted by atomic mass is 9.96. The second-order valence-electron chi connectivity index (χ2n) is 9.95. The highest BCUT2D eigenvalue weighted by Gasteiger charge is 2.26. The fourth-order valence-corrected chi connectivity index (χ4v) is 5.35. The average molecular weight is 508 g/mol. The first-order chi connectivity index (χ1) is 17.6. The molecule has 2 aliphatic heterocycles. The van der Waals surface area contributed by atoms with Crippen LogP contribution in [0.3, 0.4) is 0 Å². The van der Waals surface area contributed by atoms with Crippen molar-refractivity contribution in [3.05, 3.63) is 70.6 Å². The third-order valence-electron chi connectivity index (χ3n) is 7.18. The van der Waals surface area contributed by atoms with Crippen molar-refractivity contribution in [2.75, 3.05) is 26.2 Å². The van der Waals surface area contributed by atoms with Crippen molar-refractivity contribution in [3.8, 4) is 11.4 Å². The van der Waals surface area contributed by atoms with Crippen molar-refractivity contribution >= 4 is 17.5 Å². The molecule has 1 N–H and O–H groups in total. The molecule has 0 saturated carbocycles. The maximum absolute atomic E-state index is 12.8. The molecule has 3 aromatic rings. The van der Waals surface area contributed by atoms with E-state index in [9.17, 15) is 4.79 Å². The normalized spacial score (nSPS) is 17.8. The summed E-state index contributed by atoms with van der Waals surface area (Å²) < 4.78 is 5.45. The number of halogens is 1. The Hall–Kier alpha value is -2.74. The number of hydrogen-bond donors (Lipinski definition) is 1. The van der Waals surface area contributed by atoms with Gasteiger partial charge < -0.3 is 9.84 Å². The lowest BCUT2D eigenvalue weighted by Gasteiger charge is -2.30. The molecule has 5 rings (SSSR count). The van der Waals surface area contributed by atoms with Gasteiger partial charge in [0.05, 0.1) is 6.54 Å². The predicted octanol–water partition coefficient (Wildman–Crippen LogP) is 4.90. The van der Waals surface area contributed by atoms with E-state index in [1.54, 1.807) is 0 Å². The maximum atomic E-state index is 12.8. The first kappa shape index (κ1) is 24.9. The molecule has 0 aliphatic carbocycles. The summed E-state index contributed by atoms with van der Waals surface area (Å²) in [5, 5.41) is 7.90. The Kier molecular flexibility index (Phi) is 8.31. The van der Waals surface area contributed by atoms with Crippen LogP contribution in [0.15, 0.2) is 53.1 Å². The van der Waals surface area contributed by atoms with Crippen LogP contribution in [0.4, 0.5) is 0 Å². The van der Waals surface area contributed by atoms with Crippen LogP contribution in [-0.2, 0) is 24.4 Å². The van der Waals surface area contributed by atoms with Crippen molar-refractivity contribution in [1.82, 2.24) is 25.3 Å². The zero-order valence-electron chi connectivity index (χ0n) is 20.7. The Bertz CT molecular complexity index is 1150. The topological polar surface area (TPSA) is 74.5 Å². The zero-order valence-corrected chi connectivity index (χ0v) is 21.4. The van der Waals surface area contributed by atoms with Crippen molar-refractivity contribution in [2.45, 2.75) is 51.7 Å². The molecule has 1 amide bonds. The number of piperidine rings is 2. The summed E-state index contributed by atoms with van der Waals surface area (Å²) in [5.41, 5.74) is 3.34. The summed E-state index contributed by atoms with van der Waals surface area (Å²) in [5.74, 6) is 1.32. The summed E-state index contributed by atoms with van der Waals surface area (Å²) in [6.07, 6.45) is 5.61. The van der Waals surface area contributed by atoms with E-state index in [4.69, 9.17) is 16.1 Å². The number of benzene rings is 2. The summed E-state index contributed by atoms with van der Waals surface area (Å²) in [4.78, 5) is 22.1. The fourth-order valence-electron chi connectivity index (χ4n) is 5.16. The monoisotopic (exact) mass is 507 g/mol. The first-order valence-electron chi connectivity index (χ1n) is 13.0. The Morgan fingerprint density at radius 3 is 2.50 bits per heavy atom. The van der Waals surface area contributed by atoms with Gasteiger partial charge in [0.25, 0.3) is 0 Å². The summed E-state index contributed by atoms with van der Waals surface area (Å²) in [7, 11) is 0. The molecule has 2 aromatic carbocycles. The van der Waals surface area contributed by atoms with Crippen molar-refractivity contribution < 1.29 is 9.32 Å². The van der Waals surface area contributed by atoms with E-state index in [0.29, 0.717) is 29.8 Å². The van der Waals surface area contributed by atoms with Gasteiger partial charge in [-0.05, 0) is 75.1 Å². The highest BCUT2D eigenvalue weighted by molar-refractivity contribution is 6.30. The molecule has 3 heterocycles. The molecule has 0 bridgehead atoms. The van der Waals surface area contributed by atoms with Gasteiger partial charge in [-0.25, -0.2) is 0 Å². The van der Waals surface area contributed by atoms with Crippen LogP contribution in [0.5, 0.6) is 0 Å². The molecule has 1 aromatic heterocycles.